The molecule has 2 unspecified atom stereocenters. The first-order valence-electron chi connectivity index (χ1n) is 11.6. The molecule has 0 aliphatic carbocycles. The molecule has 0 spiro atoms. The van der Waals surface area contributed by atoms with E-state index in [1.165, 1.54) is 61.6 Å². The fourth-order valence-electron chi connectivity index (χ4n) is 4.06. The number of halogens is 1. The lowest BCUT2D eigenvalue weighted by molar-refractivity contribution is 0.283. The van der Waals surface area contributed by atoms with E-state index < -0.39 is 0 Å². The number of hydrogen-bond acceptors (Lipinski definition) is 1. The van der Waals surface area contributed by atoms with Crippen LogP contribution in [-0.4, -0.2) is 4.83 Å². The van der Waals surface area contributed by atoms with Crippen molar-refractivity contribution in [1.82, 2.24) is 0 Å². The number of rotatable bonds is 14. The van der Waals surface area contributed by atoms with Crippen molar-refractivity contribution in [3.8, 4) is 0 Å². The first-order valence-corrected chi connectivity index (χ1v) is 12.6. The van der Waals surface area contributed by atoms with Crippen LogP contribution in [0, 0.1) is 10.8 Å². The van der Waals surface area contributed by atoms with Gasteiger partial charge in [0.1, 0.15) is 0 Å². The van der Waals surface area contributed by atoms with E-state index in [1.54, 1.807) is 0 Å². The molecule has 166 valence electrons. The number of alkyl halides is 1. The largest absolute Gasteiger partial charge is 0.326 e. The second-order valence-corrected chi connectivity index (χ2v) is 11.6. The maximum Gasteiger partial charge on any atom is 0.0352 e. The molecule has 29 heavy (non-hydrogen) atoms. The fourth-order valence-corrected chi connectivity index (χ4v) is 4.45. The summed E-state index contributed by atoms with van der Waals surface area (Å²) in [5.74, 6) is 0.664. The molecule has 0 aromatic heterocycles. The highest BCUT2D eigenvalue weighted by atomic mass is 79.9. The molecule has 1 aromatic carbocycles. The van der Waals surface area contributed by atoms with E-state index in [-0.39, 0.29) is 0 Å². The molecule has 1 rings (SSSR count). The van der Waals surface area contributed by atoms with E-state index in [0.717, 1.165) is 6.42 Å². The maximum absolute atomic E-state index is 5.73. The Kier molecular flexibility index (Phi) is 11.2. The first-order chi connectivity index (χ1) is 13.5. The Bertz CT molecular complexity index is 599. The van der Waals surface area contributed by atoms with Gasteiger partial charge in [-0.3, -0.25) is 0 Å². The summed E-state index contributed by atoms with van der Waals surface area (Å²) in [5.41, 5.74) is 10.5. The van der Waals surface area contributed by atoms with Crippen molar-refractivity contribution in [3.63, 3.8) is 0 Å². The predicted molar refractivity (Wildman–Crippen MR) is 135 cm³/mol. The van der Waals surface area contributed by atoms with Gasteiger partial charge in [-0.05, 0) is 66.4 Å². The molecule has 0 aliphatic heterocycles. The number of hydrogen-bond donors (Lipinski definition) is 1. The van der Waals surface area contributed by atoms with Crippen LogP contribution < -0.4 is 5.73 Å². The standard InChI is InChI=1S/C27H46BrN/c1-8-23(24-14-12-22(20-29)13-15-24)11-10-17-27(6,7)18-16-25(28)21(3)19-26(4,5)9-2/h12-15,23,25H,3,8-11,16-20,29H2,1-2,4-7H3. The lowest BCUT2D eigenvalue weighted by atomic mass is 9.78. The molecule has 0 saturated carbocycles. The molecule has 1 aromatic rings. The summed E-state index contributed by atoms with van der Waals surface area (Å²) in [5, 5.41) is 0. The van der Waals surface area contributed by atoms with Crippen molar-refractivity contribution in [1.29, 1.82) is 0 Å². The Hall–Kier alpha value is -0.600. The average molecular weight is 465 g/mol. The van der Waals surface area contributed by atoms with Crippen molar-refractivity contribution < 1.29 is 0 Å². The molecule has 1 nitrogen and oxygen atoms in total. The summed E-state index contributed by atoms with van der Waals surface area (Å²) in [6.07, 6.45) is 9.81. The fraction of sp³-hybridized carbons (Fsp3) is 0.704. The summed E-state index contributed by atoms with van der Waals surface area (Å²) in [4.78, 5) is 0.442. The molecular weight excluding hydrogens is 418 g/mol. The first kappa shape index (κ1) is 26.4. The van der Waals surface area contributed by atoms with Crippen LogP contribution in [0.3, 0.4) is 0 Å². The zero-order valence-corrected chi connectivity index (χ0v) is 21.6. The van der Waals surface area contributed by atoms with Gasteiger partial charge in [-0.1, -0.05) is 107 Å². The van der Waals surface area contributed by atoms with Crippen LogP contribution in [0.4, 0.5) is 0 Å². The van der Waals surface area contributed by atoms with Crippen molar-refractivity contribution >= 4 is 15.9 Å². The number of benzene rings is 1. The van der Waals surface area contributed by atoms with Crippen molar-refractivity contribution in [2.45, 2.75) is 110 Å². The Labute approximate surface area is 190 Å². The van der Waals surface area contributed by atoms with Crippen LogP contribution in [0.1, 0.15) is 110 Å². The zero-order chi connectivity index (χ0) is 22.1. The van der Waals surface area contributed by atoms with Gasteiger partial charge in [-0.25, -0.2) is 0 Å². The second-order valence-electron chi connectivity index (χ2n) is 10.5. The Morgan fingerprint density at radius 3 is 2.14 bits per heavy atom. The molecule has 0 heterocycles. The smallest absolute Gasteiger partial charge is 0.0352 e. The molecule has 0 fully saturated rings. The Morgan fingerprint density at radius 2 is 1.62 bits per heavy atom. The van der Waals surface area contributed by atoms with Gasteiger partial charge >= 0.3 is 0 Å². The van der Waals surface area contributed by atoms with Gasteiger partial charge in [0, 0.05) is 11.4 Å². The molecule has 0 bridgehead atoms. The minimum atomic E-state index is 0.357. The molecular formula is C27H46BrN. The van der Waals surface area contributed by atoms with Gasteiger partial charge in [0.25, 0.3) is 0 Å². The van der Waals surface area contributed by atoms with E-state index in [9.17, 15) is 0 Å². The second kappa shape index (κ2) is 12.3. The SMILES string of the molecule is C=C(CC(C)(C)CC)C(Br)CCC(C)(C)CCCC(CC)c1ccc(CN)cc1. The van der Waals surface area contributed by atoms with Crippen LogP contribution in [0.15, 0.2) is 36.4 Å². The third kappa shape index (κ3) is 9.83. The van der Waals surface area contributed by atoms with E-state index >= 15 is 0 Å². The van der Waals surface area contributed by atoms with E-state index in [2.05, 4.69) is 88.3 Å². The third-order valence-electron chi connectivity index (χ3n) is 6.77. The Morgan fingerprint density at radius 1 is 1.00 bits per heavy atom. The highest BCUT2D eigenvalue weighted by Gasteiger charge is 2.23. The highest BCUT2D eigenvalue weighted by Crippen LogP contribution is 2.37. The van der Waals surface area contributed by atoms with Gasteiger partial charge in [-0.15, -0.1) is 0 Å². The van der Waals surface area contributed by atoms with Crippen LogP contribution in [0.2, 0.25) is 0 Å². The molecule has 2 atom stereocenters. The quantitative estimate of drug-likeness (QED) is 0.216. The number of allylic oxidation sites excluding steroid dienone is 1. The normalized spacial score (nSPS) is 14.6. The molecule has 2 heteroatoms. The van der Waals surface area contributed by atoms with Crippen LogP contribution in [0.25, 0.3) is 0 Å². The highest BCUT2D eigenvalue weighted by molar-refractivity contribution is 9.09. The van der Waals surface area contributed by atoms with E-state index in [0.29, 0.717) is 28.1 Å². The Balaban J connectivity index is 2.46. The number of nitrogens with two attached hydrogens (primary N) is 1. The van der Waals surface area contributed by atoms with Gasteiger partial charge < -0.3 is 5.73 Å². The summed E-state index contributed by atoms with van der Waals surface area (Å²) in [6.45, 7) is 19.1. The molecule has 0 saturated heterocycles. The topological polar surface area (TPSA) is 26.0 Å². The monoisotopic (exact) mass is 463 g/mol. The summed E-state index contributed by atoms with van der Waals surface area (Å²) in [7, 11) is 0. The van der Waals surface area contributed by atoms with Crippen molar-refractivity contribution in [2.75, 3.05) is 0 Å². The molecule has 2 N–H and O–H groups in total. The van der Waals surface area contributed by atoms with Gasteiger partial charge in [-0.2, -0.15) is 0 Å². The zero-order valence-electron chi connectivity index (χ0n) is 20.0. The van der Waals surface area contributed by atoms with E-state index in [4.69, 9.17) is 5.73 Å². The summed E-state index contributed by atoms with van der Waals surface area (Å²) < 4.78 is 0. The van der Waals surface area contributed by atoms with Crippen LogP contribution >= 0.6 is 15.9 Å². The van der Waals surface area contributed by atoms with Gasteiger partial charge in [0.05, 0.1) is 0 Å². The third-order valence-corrected chi connectivity index (χ3v) is 7.87. The van der Waals surface area contributed by atoms with Gasteiger partial charge in [0.2, 0.25) is 0 Å². The lowest BCUT2D eigenvalue weighted by Crippen LogP contribution is -2.18. The summed E-state index contributed by atoms with van der Waals surface area (Å²) >= 11 is 3.91. The van der Waals surface area contributed by atoms with Crippen molar-refractivity contribution in [3.05, 3.63) is 47.5 Å². The molecule has 0 aliphatic rings. The van der Waals surface area contributed by atoms with Crippen molar-refractivity contribution in [2.24, 2.45) is 16.6 Å². The van der Waals surface area contributed by atoms with Crippen LogP contribution in [-0.2, 0) is 6.54 Å². The van der Waals surface area contributed by atoms with Crippen LogP contribution in [0.5, 0.6) is 0 Å². The van der Waals surface area contributed by atoms with E-state index in [1.807, 2.05) is 0 Å². The minimum Gasteiger partial charge on any atom is -0.326 e. The maximum atomic E-state index is 5.73. The lowest BCUT2D eigenvalue weighted by Gasteiger charge is -2.29. The molecule has 0 radical (unpaired) electrons. The average Bonchev–Trinajstić information content (AvgIpc) is 2.69. The van der Waals surface area contributed by atoms with Gasteiger partial charge in [0.15, 0.2) is 0 Å². The molecule has 0 amide bonds. The predicted octanol–water partition coefficient (Wildman–Crippen LogP) is 8.76. The summed E-state index contributed by atoms with van der Waals surface area (Å²) in [6, 6.07) is 8.93. The minimum absolute atomic E-state index is 0.357.